The van der Waals surface area contributed by atoms with Crippen molar-refractivity contribution in [1.29, 1.82) is 0 Å². The van der Waals surface area contributed by atoms with Crippen LogP contribution < -0.4 is 10.6 Å². The molecule has 0 aliphatic heterocycles. The largest absolute Gasteiger partial charge is 0.318 e. The predicted octanol–water partition coefficient (Wildman–Crippen LogP) is 11.3. The van der Waals surface area contributed by atoms with Crippen molar-refractivity contribution in [2.24, 2.45) is 0 Å². The molecule has 6 rings (SSSR count). The molecule has 0 unspecified atom stereocenters. The zero-order chi connectivity index (χ0) is 29.2. The summed E-state index contributed by atoms with van der Waals surface area (Å²) in [5, 5.41) is 2.33. The molecule has 4 aliphatic rings. The summed E-state index contributed by atoms with van der Waals surface area (Å²) in [6, 6.07) is 13.4. The molecule has 0 amide bonds. The molecule has 0 aromatic heterocycles. The van der Waals surface area contributed by atoms with E-state index >= 15 is 9.13 Å². The van der Waals surface area contributed by atoms with Gasteiger partial charge in [0, 0.05) is 33.2 Å². The minimum Gasteiger partial charge on any atom is -0.318 e. The first kappa shape index (κ1) is 30.9. The molecule has 0 saturated heterocycles. The molecule has 2 nitrogen and oxygen atoms in total. The van der Waals surface area contributed by atoms with Gasteiger partial charge in [0.2, 0.25) is 0 Å². The lowest BCUT2D eigenvalue weighted by Gasteiger charge is -2.41. The maximum atomic E-state index is 16.1. The summed E-state index contributed by atoms with van der Waals surface area (Å²) < 4.78 is 32.2. The van der Waals surface area contributed by atoms with Gasteiger partial charge >= 0.3 is 0 Å². The highest BCUT2D eigenvalue weighted by molar-refractivity contribution is 7.74. The van der Waals surface area contributed by atoms with Crippen LogP contribution in [0.3, 0.4) is 0 Å². The highest BCUT2D eigenvalue weighted by atomic mass is 31.2. The first-order valence-corrected chi connectivity index (χ1v) is 21.5. The number of aryl methyl sites for hydroxylation is 2. The van der Waals surface area contributed by atoms with Crippen LogP contribution in [0.25, 0.3) is 11.1 Å². The average Bonchev–Trinajstić information content (AvgIpc) is 3.05. The van der Waals surface area contributed by atoms with E-state index in [1.165, 1.54) is 99.3 Å². The van der Waals surface area contributed by atoms with E-state index in [0.29, 0.717) is 22.6 Å². The van der Waals surface area contributed by atoms with Gasteiger partial charge < -0.3 is 9.13 Å². The minimum atomic E-state index is -2.70. The molecule has 0 atom stereocenters. The Labute approximate surface area is 257 Å². The van der Waals surface area contributed by atoms with E-state index < -0.39 is 14.3 Å². The fraction of sp³-hybridized carbons (Fsp3) is 0.684. The Kier molecular flexibility index (Phi) is 9.93. The monoisotopic (exact) mass is 606 g/mol. The fourth-order valence-corrected chi connectivity index (χ4v) is 19.0. The zero-order valence-corrected chi connectivity index (χ0v) is 28.4. The third kappa shape index (κ3) is 5.71. The smallest absolute Gasteiger partial charge is 0.122 e. The van der Waals surface area contributed by atoms with Gasteiger partial charge in [0.15, 0.2) is 0 Å². The fourth-order valence-electron chi connectivity index (χ4n) is 9.78. The van der Waals surface area contributed by atoms with Gasteiger partial charge in [-0.3, -0.25) is 0 Å². The molecule has 0 radical (unpaired) electrons. The van der Waals surface area contributed by atoms with Crippen LogP contribution in [-0.2, 0) is 9.13 Å². The third-order valence-corrected chi connectivity index (χ3v) is 20.6. The van der Waals surface area contributed by atoms with Gasteiger partial charge in [-0.1, -0.05) is 113 Å². The number of hydrogen-bond donors (Lipinski definition) is 0. The first-order chi connectivity index (χ1) is 20.5. The van der Waals surface area contributed by atoms with E-state index in [0.717, 1.165) is 62.0 Å². The summed E-state index contributed by atoms with van der Waals surface area (Å²) >= 11 is 0. The number of benzene rings is 2. The molecule has 0 spiro atoms. The molecule has 2 aromatic rings. The highest BCUT2D eigenvalue weighted by Crippen LogP contribution is 2.65. The van der Waals surface area contributed by atoms with E-state index in [1.807, 2.05) is 0 Å². The van der Waals surface area contributed by atoms with E-state index in [1.54, 1.807) is 0 Å². The second kappa shape index (κ2) is 13.5. The number of rotatable bonds is 7. The maximum absolute atomic E-state index is 16.1. The lowest BCUT2D eigenvalue weighted by Crippen LogP contribution is -2.33. The molecule has 2 aromatic carbocycles. The van der Waals surface area contributed by atoms with Crippen molar-refractivity contribution >= 4 is 24.9 Å². The number of hydrogen-bond acceptors (Lipinski definition) is 2. The Balaban J connectivity index is 1.58. The Hall–Kier alpha value is -1.10. The first-order valence-electron chi connectivity index (χ1n) is 17.8. The summed E-state index contributed by atoms with van der Waals surface area (Å²) in [6.07, 6.45) is 23.8. The summed E-state index contributed by atoms with van der Waals surface area (Å²) in [5.74, 6) is 0. The topological polar surface area (TPSA) is 34.1 Å². The van der Waals surface area contributed by atoms with Crippen molar-refractivity contribution in [2.75, 3.05) is 0 Å². The zero-order valence-electron chi connectivity index (χ0n) is 26.6. The van der Waals surface area contributed by atoms with Crippen molar-refractivity contribution < 1.29 is 9.13 Å². The van der Waals surface area contributed by atoms with Gasteiger partial charge in [0.05, 0.1) is 0 Å². The van der Waals surface area contributed by atoms with Crippen molar-refractivity contribution in [3.05, 3.63) is 47.5 Å². The summed E-state index contributed by atoms with van der Waals surface area (Å²) in [4.78, 5) is 0. The summed E-state index contributed by atoms with van der Waals surface area (Å²) in [6.45, 7) is 4.49. The molecule has 0 bridgehead atoms. The van der Waals surface area contributed by atoms with Gasteiger partial charge in [0.25, 0.3) is 0 Å². The third-order valence-electron chi connectivity index (χ3n) is 12.0. The summed E-state index contributed by atoms with van der Waals surface area (Å²) in [7, 11) is -5.40. The van der Waals surface area contributed by atoms with Crippen LogP contribution in [0.4, 0.5) is 0 Å². The van der Waals surface area contributed by atoms with Gasteiger partial charge in [0.1, 0.15) is 14.3 Å². The van der Waals surface area contributed by atoms with Crippen molar-refractivity contribution in [3.8, 4) is 11.1 Å². The summed E-state index contributed by atoms with van der Waals surface area (Å²) in [5.41, 5.74) is 6.14. The second-order valence-electron chi connectivity index (χ2n) is 14.5. The minimum absolute atomic E-state index is 0.311. The average molecular weight is 607 g/mol. The molecular formula is C38H56O2P2. The molecule has 42 heavy (non-hydrogen) atoms. The van der Waals surface area contributed by atoms with E-state index in [9.17, 15) is 0 Å². The van der Waals surface area contributed by atoms with E-state index in [4.69, 9.17) is 0 Å². The van der Waals surface area contributed by atoms with Crippen LogP contribution in [0.1, 0.15) is 140 Å². The van der Waals surface area contributed by atoms with Crippen LogP contribution in [-0.4, -0.2) is 22.6 Å². The van der Waals surface area contributed by atoms with Crippen LogP contribution in [0, 0.1) is 13.8 Å². The molecule has 4 fully saturated rings. The van der Waals surface area contributed by atoms with Crippen molar-refractivity contribution in [3.63, 3.8) is 0 Å². The quantitative estimate of drug-likeness (QED) is 0.294. The Bertz CT molecular complexity index is 1160. The van der Waals surface area contributed by atoms with E-state index in [-0.39, 0.29) is 0 Å². The maximum Gasteiger partial charge on any atom is 0.122 e. The van der Waals surface area contributed by atoms with Gasteiger partial charge in [-0.15, -0.1) is 0 Å². The SMILES string of the molecule is Cc1cccc(P(=O)(C2CCCCC2)C2CCCCC2)c1-c1c(C)cccc1P(=O)(C1CCCCC1)C1CCCCC1. The molecule has 0 heterocycles. The Morgan fingerprint density at radius 1 is 0.429 bits per heavy atom. The van der Waals surface area contributed by atoms with Crippen molar-refractivity contribution in [2.45, 2.75) is 165 Å². The molecule has 230 valence electrons. The van der Waals surface area contributed by atoms with Gasteiger partial charge in [-0.2, -0.15) is 0 Å². The van der Waals surface area contributed by atoms with Crippen LogP contribution in [0.2, 0.25) is 0 Å². The van der Waals surface area contributed by atoms with Gasteiger partial charge in [-0.05, 0) is 87.5 Å². The lowest BCUT2D eigenvalue weighted by atomic mass is 9.96. The molecule has 4 saturated carbocycles. The normalized spacial score (nSPS) is 22.8. The molecule has 4 aliphatic carbocycles. The Morgan fingerprint density at radius 3 is 0.952 bits per heavy atom. The molecule has 0 N–H and O–H groups in total. The van der Waals surface area contributed by atoms with Crippen LogP contribution in [0.15, 0.2) is 36.4 Å². The molecular weight excluding hydrogens is 550 g/mol. The van der Waals surface area contributed by atoms with Gasteiger partial charge in [-0.25, -0.2) is 0 Å². The highest BCUT2D eigenvalue weighted by Gasteiger charge is 2.47. The molecule has 4 heteroatoms. The van der Waals surface area contributed by atoms with Crippen LogP contribution >= 0.6 is 14.3 Å². The Morgan fingerprint density at radius 2 is 0.690 bits per heavy atom. The standard InChI is InChI=1S/C38H56O2P2/c1-29-17-15-27-35(41(39,31-19-7-3-8-20-31)32-21-9-4-10-22-32)37(29)38-30(2)18-16-28-36(38)42(40,33-23-11-5-12-24-33)34-25-13-6-14-26-34/h15-18,27-28,31-34H,3-14,19-26H2,1-2H3. The van der Waals surface area contributed by atoms with Crippen molar-refractivity contribution in [1.82, 2.24) is 0 Å². The second-order valence-corrected chi connectivity index (χ2v) is 21.2. The predicted molar refractivity (Wildman–Crippen MR) is 183 cm³/mol. The van der Waals surface area contributed by atoms with Crippen LogP contribution in [0.5, 0.6) is 0 Å². The van der Waals surface area contributed by atoms with E-state index in [2.05, 4.69) is 50.2 Å². The lowest BCUT2D eigenvalue weighted by molar-refractivity contribution is 0.452.